The number of hydrogen-bond acceptors (Lipinski definition) is 7. The Labute approximate surface area is 184 Å². The molecule has 1 saturated heterocycles. The molecule has 7 nitrogen and oxygen atoms in total. The van der Waals surface area contributed by atoms with Crippen LogP contribution in [0.4, 0.5) is 23.5 Å². The van der Waals surface area contributed by atoms with Gasteiger partial charge in [0, 0.05) is 23.2 Å². The lowest BCUT2D eigenvalue weighted by atomic mass is 10.1. The summed E-state index contributed by atoms with van der Waals surface area (Å²) in [5.74, 6) is 1.58. The molecule has 30 heavy (non-hydrogen) atoms. The molecule has 8 heteroatoms. The van der Waals surface area contributed by atoms with Crippen molar-refractivity contribution < 1.29 is 0 Å². The van der Waals surface area contributed by atoms with Crippen LogP contribution in [-0.2, 0) is 0 Å². The molecular weight excluding hydrogens is 442 g/mol. The average molecular weight is 466 g/mol. The van der Waals surface area contributed by atoms with E-state index in [1.54, 1.807) is 0 Å². The van der Waals surface area contributed by atoms with E-state index in [1.807, 2.05) is 61.5 Å². The number of benzene rings is 2. The van der Waals surface area contributed by atoms with Gasteiger partial charge in [0.25, 0.3) is 0 Å². The lowest BCUT2D eigenvalue weighted by Crippen LogP contribution is -2.31. The van der Waals surface area contributed by atoms with Gasteiger partial charge in [0.05, 0.1) is 5.71 Å². The average Bonchev–Trinajstić information content (AvgIpc) is 2.79. The number of rotatable bonds is 6. The number of para-hydroxylation sites is 1. The van der Waals surface area contributed by atoms with Crippen molar-refractivity contribution in [2.75, 3.05) is 28.7 Å². The maximum absolute atomic E-state index is 4.65. The highest BCUT2D eigenvalue weighted by atomic mass is 79.9. The molecule has 4 rings (SSSR count). The van der Waals surface area contributed by atoms with Crippen LogP contribution in [0.5, 0.6) is 0 Å². The summed E-state index contributed by atoms with van der Waals surface area (Å²) >= 11 is 3.46. The van der Waals surface area contributed by atoms with Gasteiger partial charge in [0.2, 0.25) is 17.8 Å². The molecule has 0 bridgehead atoms. The van der Waals surface area contributed by atoms with Crippen molar-refractivity contribution in [3.05, 3.63) is 64.6 Å². The Balaban J connectivity index is 1.59. The molecule has 154 valence electrons. The molecule has 0 amide bonds. The number of anilines is 4. The molecule has 1 fully saturated rings. The molecule has 0 aliphatic carbocycles. The normalized spacial score (nSPS) is 14.5. The number of piperidine rings is 1. The quantitative estimate of drug-likeness (QED) is 0.384. The fourth-order valence-corrected chi connectivity index (χ4v) is 3.51. The predicted octanol–water partition coefficient (Wildman–Crippen LogP) is 5.20. The second kappa shape index (κ2) is 9.67. The van der Waals surface area contributed by atoms with Gasteiger partial charge in [-0.15, -0.1) is 0 Å². The molecule has 0 spiro atoms. The standard InChI is InChI=1S/C22H24BrN7/c1-16(17-10-12-18(23)13-11-17)28-29-21-25-20(24-19-8-4-2-5-9-19)26-22(27-21)30-14-6-3-7-15-30/h2,4-5,8-13H,3,6-7,14-15H2,1H3,(H2,24,25,26,27,29). The Morgan fingerprint density at radius 2 is 1.60 bits per heavy atom. The zero-order chi connectivity index (χ0) is 20.8. The van der Waals surface area contributed by atoms with Crippen LogP contribution in [0, 0.1) is 0 Å². The highest BCUT2D eigenvalue weighted by molar-refractivity contribution is 9.10. The Bertz CT molecular complexity index is 1000. The van der Waals surface area contributed by atoms with Crippen molar-refractivity contribution in [3.8, 4) is 0 Å². The van der Waals surface area contributed by atoms with Gasteiger partial charge < -0.3 is 10.2 Å². The maximum atomic E-state index is 4.65. The molecule has 0 radical (unpaired) electrons. The summed E-state index contributed by atoms with van der Waals surface area (Å²) in [5, 5.41) is 7.75. The molecule has 3 aromatic rings. The van der Waals surface area contributed by atoms with Crippen molar-refractivity contribution in [1.82, 2.24) is 15.0 Å². The summed E-state index contributed by atoms with van der Waals surface area (Å²) < 4.78 is 1.03. The third kappa shape index (κ3) is 5.33. The number of aromatic nitrogens is 3. The SMILES string of the molecule is CC(=NNc1nc(Nc2ccccc2)nc(N2CCCCC2)n1)c1ccc(Br)cc1. The van der Waals surface area contributed by atoms with Crippen LogP contribution in [-0.4, -0.2) is 33.8 Å². The second-order valence-electron chi connectivity index (χ2n) is 7.14. The van der Waals surface area contributed by atoms with Gasteiger partial charge >= 0.3 is 0 Å². The largest absolute Gasteiger partial charge is 0.341 e. The minimum atomic E-state index is 0.417. The molecular formula is C22H24BrN7. The van der Waals surface area contributed by atoms with Gasteiger partial charge in [-0.05, 0) is 56.0 Å². The lowest BCUT2D eigenvalue weighted by molar-refractivity contribution is 0.568. The van der Waals surface area contributed by atoms with E-state index in [1.165, 1.54) is 6.42 Å². The smallest absolute Gasteiger partial charge is 0.250 e. The highest BCUT2D eigenvalue weighted by Gasteiger charge is 2.16. The van der Waals surface area contributed by atoms with E-state index in [0.29, 0.717) is 17.8 Å². The van der Waals surface area contributed by atoms with E-state index >= 15 is 0 Å². The van der Waals surface area contributed by atoms with Gasteiger partial charge in [-0.2, -0.15) is 20.1 Å². The summed E-state index contributed by atoms with van der Waals surface area (Å²) in [6.07, 6.45) is 3.55. The zero-order valence-electron chi connectivity index (χ0n) is 16.8. The van der Waals surface area contributed by atoms with E-state index in [9.17, 15) is 0 Å². The number of nitrogens with zero attached hydrogens (tertiary/aromatic N) is 5. The Morgan fingerprint density at radius 1 is 0.900 bits per heavy atom. The van der Waals surface area contributed by atoms with Gasteiger partial charge in [0.15, 0.2) is 0 Å². The first-order valence-corrected chi connectivity index (χ1v) is 10.9. The molecule has 1 aliphatic heterocycles. The molecule has 0 saturated carbocycles. The Hall–Kier alpha value is -3.00. The number of nitrogens with one attached hydrogen (secondary N) is 2. The van der Waals surface area contributed by atoms with Crippen LogP contribution < -0.4 is 15.6 Å². The monoisotopic (exact) mass is 465 g/mol. The maximum Gasteiger partial charge on any atom is 0.250 e. The fourth-order valence-electron chi connectivity index (χ4n) is 3.25. The summed E-state index contributed by atoms with van der Waals surface area (Å²) in [6.45, 7) is 3.86. The number of hydrazone groups is 1. The number of hydrogen-bond donors (Lipinski definition) is 2. The van der Waals surface area contributed by atoms with Crippen LogP contribution in [0.1, 0.15) is 31.7 Å². The minimum absolute atomic E-state index is 0.417. The first-order valence-electron chi connectivity index (χ1n) is 10.1. The molecule has 2 N–H and O–H groups in total. The highest BCUT2D eigenvalue weighted by Crippen LogP contribution is 2.21. The van der Waals surface area contributed by atoms with E-state index in [-0.39, 0.29) is 0 Å². The van der Waals surface area contributed by atoms with Crippen LogP contribution in [0.2, 0.25) is 0 Å². The molecule has 1 aromatic heterocycles. The van der Waals surface area contributed by atoms with Crippen molar-refractivity contribution in [3.63, 3.8) is 0 Å². The number of halogens is 1. The van der Waals surface area contributed by atoms with E-state index in [2.05, 4.69) is 51.6 Å². The topological polar surface area (TPSA) is 78.3 Å². The van der Waals surface area contributed by atoms with E-state index in [4.69, 9.17) is 0 Å². The Kier molecular flexibility index (Phi) is 6.53. The van der Waals surface area contributed by atoms with Crippen molar-refractivity contribution in [2.45, 2.75) is 26.2 Å². The Morgan fingerprint density at radius 3 is 2.33 bits per heavy atom. The predicted molar refractivity (Wildman–Crippen MR) is 126 cm³/mol. The van der Waals surface area contributed by atoms with Gasteiger partial charge in [-0.25, -0.2) is 5.43 Å². The summed E-state index contributed by atoms with van der Waals surface area (Å²) in [7, 11) is 0. The first kappa shape index (κ1) is 20.3. The van der Waals surface area contributed by atoms with E-state index < -0.39 is 0 Å². The summed E-state index contributed by atoms with van der Waals surface area (Å²) in [4.78, 5) is 16.0. The van der Waals surface area contributed by atoms with Gasteiger partial charge in [0.1, 0.15) is 0 Å². The van der Waals surface area contributed by atoms with Crippen LogP contribution in [0.25, 0.3) is 0 Å². The second-order valence-corrected chi connectivity index (χ2v) is 8.05. The fraction of sp³-hybridized carbons (Fsp3) is 0.273. The molecule has 2 aromatic carbocycles. The molecule has 0 unspecified atom stereocenters. The van der Waals surface area contributed by atoms with Crippen molar-refractivity contribution in [2.24, 2.45) is 5.10 Å². The lowest BCUT2D eigenvalue weighted by Gasteiger charge is -2.26. The van der Waals surface area contributed by atoms with Gasteiger partial charge in [-0.3, -0.25) is 0 Å². The third-order valence-corrected chi connectivity index (χ3v) is 5.41. The third-order valence-electron chi connectivity index (χ3n) is 4.88. The zero-order valence-corrected chi connectivity index (χ0v) is 18.4. The van der Waals surface area contributed by atoms with Crippen LogP contribution >= 0.6 is 15.9 Å². The minimum Gasteiger partial charge on any atom is -0.341 e. The molecule has 0 atom stereocenters. The molecule has 2 heterocycles. The summed E-state index contributed by atoms with van der Waals surface area (Å²) in [5.41, 5.74) is 5.81. The van der Waals surface area contributed by atoms with E-state index in [0.717, 1.165) is 47.4 Å². The summed E-state index contributed by atoms with van der Waals surface area (Å²) in [6, 6.07) is 17.9. The van der Waals surface area contributed by atoms with Crippen LogP contribution in [0.15, 0.2) is 64.2 Å². The van der Waals surface area contributed by atoms with Crippen LogP contribution in [0.3, 0.4) is 0 Å². The van der Waals surface area contributed by atoms with Crippen molar-refractivity contribution >= 4 is 45.2 Å². The van der Waals surface area contributed by atoms with Crippen molar-refractivity contribution in [1.29, 1.82) is 0 Å². The first-order chi connectivity index (χ1) is 14.7. The van der Waals surface area contributed by atoms with Gasteiger partial charge in [-0.1, -0.05) is 46.3 Å². The molecule has 1 aliphatic rings.